The number of nitrogens with one attached hydrogen (secondary N) is 1. The number of carbonyl (C=O) groups excluding carboxylic acids is 1. The third kappa shape index (κ3) is 3.47. The molecule has 4 rings (SSSR count). The molecule has 0 bridgehead atoms. The van der Waals surface area contributed by atoms with Crippen molar-refractivity contribution in [1.29, 1.82) is 0 Å². The van der Waals surface area contributed by atoms with Gasteiger partial charge in [0.25, 0.3) is 5.91 Å². The highest BCUT2D eigenvalue weighted by Gasteiger charge is 2.27. The highest BCUT2D eigenvalue weighted by Crippen LogP contribution is 2.30. The number of hydrogen-bond donors (Lipinski definition) is 1. The fourth-order valence-electron chi connectivity index (χ4n) is 3.03. The summed E-state index contributed by atoms with van der Waals surface area (Å²) in [4.78, 5) is 16.7. The van der Waals surface area contributed by atoms with E-state index in [1.165, 1.54) is 15.6 Å². The van der Waals surface area contributed by atoms with Crippen molar-refractivity contribution in [3.8, 4) is 0 Å². The van der Waals surface area contributed by atoms with Crippen LogP contribution in [0.5, 0.6) is 0 Å². The number of fused-ring (bicyclic) bond motifs is 1. The molecule has 2 aromatic rings. The van der Waals surface area contributed by atoms with Crippen molar-refractivity contribution in [1.82, 2.24) is 9.29 Å². The summed E-state index contributed by atoms with van der Waals surface area (Å²) in [7, 11) is -3.56. The van der Waals surface area contributed by atoms with E-state index in [1.54, 1.807) is 18.2 Å². The predicted octanol–water partition coefficient (Wildman–Crippen LogP) is 1.43. The zero-order valence-electron chi connectivity index (χ0n) is 14.0. The number of benzene rings is 1. The second-order valence-corrected chi connectivity index (χ2v) is 9.12. The Morgan fingerprint density at radius 3 is 2.81 bits per heavy atom. The van der Waals surface area contributed by atoms with Crippen LogP contribution >= 0.6 is 11.3 Å². The van der Waals surface area contributed by atoms with Crippen LogP contribution in [0, 0.1) is 0 Å². The predicted molar refractivity (Wildman–Crippen MR) is 96.8 cm³/mol. The molecule has 2 saturated heterocycles. The maximum atomic E-state index is 12.8. The second-order valence-electron chi connectivity index (χ2n) is 6.16. The Labute approximate surface area is 155 Å². The summed E-state index contributed by atoms with van der Waals surface area (Å²) < 4.78 is 38.2. The summed E-state index contributed by atoms with van der Waals surface area (Å²) in [6.07, 6.45) is 1.15. The number of rotatable bonds is 4. The average Bonchev–Trinajstić information content (AvgIpc) is 3.31. The third-order valence-electron chi connectivity index (χ3n) is 4.42. The molecule has 0 radical (unpaired) electrons. The number of anilines is 1. The number of hydrogen-bond acceptors (Lipinski definition) is 7. The van der Waals surface area contributed by atoms with Gasteiger partial charge in [-0.25, -0.2) is 13.4 Å². The van der Waals surface area contributed by atoms with Gasteiger partial charge in [-0.15, -0.1) is 0 Å². The van der Waals surface area contributed by atoms with Crippen molar-refractivity contribution in [2.24, 2.45) is 0 Å². The molecule has 2 aliphatic rings. The zero-order valence-corrected chi connectivity index (χ0v) is 15.6. The molecule has 8 nitrogen and oxygen atoms in total. The van der Waals surface area contributed by atoms with E-state index in [-0.39, 0.29) is 10.8 Å². The maximum absolute atomic E-state index is 12.8. The maximum Gasteiger partial charge on any atom is 0.255 e. The Kier molecular flexibility index (Phi) is 4.93. The van der Waals surface area contributed by atoms with Gasteiger partial charge in [0.05, 0.1) is 28.3 Å². The molecule has 2 fully saturated rings. The Morgan fingerprint density at radius 2 is 2.08 bits per heavy atom. The minimum Gasteiger partial charge on any atom is -0.379 e. The summed E-state index contributed by atoms with van der Waals surface area (Å²) in [5, 5.41) is 3.21. The number of sulfonamides is 1. The molecular formula is C16H19N3O5S2. The lowest BCUT2D eigenvalue weighted by Gasteiger charge is -2.25. The third-order valence-corrected chi connectivity index (χ3v) is 7.25. The quantitative estimate of drug-likeness (QED) is 0.838. The van der Waals surface area contributed by atoms with Crippen molar-refractivity contribution >= 4 is 42.6 Å². The first-order valence-electron chi connectivity index (χ1n) is 8.45. The lowest BCUT2D eigenvalue weighted by Crippen LogP contribution is -2.40. The van der Waals surface area contributed by atoms with Crippen LogP contribution in [0.1, 0.15) is 12.8 Å². The van der Waals surface area contributed by atoms with Gasteiger partial charge in [0.1, 0.15) is 6.10 Å². The number of nitrogens with zero attached hydrogens (tertiary/aromatic N) is 2. The molecular weight excluding hydrogens is 378 g/mol. The van der Waals surface area contributed by atoms with Crippen LogP contribution < -0.4 is 5.32 Å². The van der Waals surface area contributed by atoms with Crippen LogP contribution in [0.25, 0.3) is 10.2 Å². The van der Waals surface area contributed by atoms with Gasteiger partial charge in [-0.3, -0.25) is 10.1 Å². The van der Waals surface area contributed by atoms with Gasteiger partial charge in [0, 0.05) is 19.7 Å². The van der Waals surface area contributed by atoms with Crippen LogP contribution in [-0.4, -0.2) is 62.6 Å². The number of morpholine rings is 1. The van der Waals surface area contributed by atoms with E-state index in [2.05, 4.69) is 10.3 Å². The fourth-order valence-corrected chi connectivity index (χ4v) is 5.44. The molecule has 1 amide bonds. The highest BCUT2D eigenvalue weighted by atomic mass is 32.2. The van der Waals surface area contributed by atoms with Crippen LogP contribution in [-0.2, 0) is 24.3 Å². The number of aromatic nitrogens is 1. The molecule has 3 heterocycles. The van der Waals surface area contributed by atoms with Crippen molar-refractivity contribution in [3.63, 3.8) is 0 Å². The molecule has 1 N–H and O–H groups in total. The van der Waals surface area contributed by atoms with Crippen LogP contribution in [0.2, 0.25) is 0 Å². The molecule has 26 heavy (non-hydrogen) atoms. The van der Waals surface area contributed by atoms with E-state index >= 15 is 0 Å². The van der Waals surface area contributed by atoms with Gasteiger partial charge in [0.2, 0.25) is 10.0 Å². The van der Waals surface area contributed by atoms with E-state index in [0.29, 0.717) is 54.7 Å². The van der Waals surface area contributed by atoms with Gasteiger partial charge >= 0.3 is 0 Å². The summed E-state index contributed by atoms with van der Waals surface area (Å²) in [5.41, 5.74) is 0.651. The average molecular weight is 397 g/mol. The van der Waals surface area contributed by atoms with E-state index < -0.39 is 16.1 Å². The minimum absolute atomic E-state index is 0.206. The van der Waals surface area contributed by atoms with Crippen molar-refractivity contribution < 1.29 is 22.7 Å². The van der Waals surface area contributed by atoms with Crippen LogP contribution in [0.3, 0.4) is 0 Å². The highest BCUT2D eigenvalue weighted by molar-refractivity contribution is 7.89. The van der Waals surface area contributed by atoms with E-state index in [0.717, 1.165) is 6.42 Å². The summed E-state index contributed by atoms with van der Waals surface area (Å²) >= 11 is 1.26. The van der Waals surface area contributed by atoms with E-state index in [4.69, 9.17) is 9.47 Å². The summed E-state index contributed by atoms with van der Waals surface area (Å²) in [6.45, 7) is 2.11. The molecule has 1 unspecified atom stereocenters. The topological polar surface area (TPSA) is 97.8 Å². The Hall–Kier alpha value is -1.59. The molecule has 0 aliphatic carbocycles. The normalized spacial score (nSPS) is 21.9. The molecule has 0 spiro atoms. The van der Waals surface area contributed by atoms with Crippen LogP contribution in [0.4, 0.5) is 5.13 Å². The summed E-state index contributed by atoms with van der Waals surface area (Å²) in [5.74, 6) is -0.206. The smallest absolute Gasteiger partial charge is 0.255 e. The standard InChI is InChI=1S/C16H19N3O5S2/c20-15(13-2-1-7-24-13)18-16-17-12-4-3-11(10-14(12)25-16)26(21,22)19-5-8-23-9-6-19/h3-4,10,13H,1-2,5-9H2,(H,17,18,20). The zero-order chi connectivity index (χ0) is 18.1. The van der Waals surface area contributed by atoms with Gasteiger partial charge < -0.3 is 9.47 Å². The number of thiazole rings is 1. The minimum atomic E-state index is -3.56. The first-order valence-corrected chi connectivity index (χ1v) is 10.7. The lowest BCUT2D eigenvalue weighted by atomic mass is 10.2. The van der Waals surface area contributed by atoms with Gasteiger partial charge in [0.15, 0.2) is 5.13 Å². The molecule has 1 atom stereocenters. The number of carbonyl (C=O) groups is 1. The van der Waals surface area contributed by atoms with Gasteiger partial charge in [-0.2, -0.15) is 4.31 Å². The number of ether oxygens (including phenoxy) is 2. The van der Waals surface area contributed by atoms with E-state index in [1.807, 2.05) is 0 Å². The van der Waals surface area contributed by atoms with Crippen molar-refractivity contribution in [2.45, 2.75) is 23.8 Å². The van der Waals surface area contributed by atoms with Crippen molar-refractivity contribution in [3.05, 3.63) is 18.2 Å². The number of amides is 1. The molecule has 0 saturated carbocycles. The van der Waals surface area contributed by atoms with Crippen LogP contribution in [0.15, 0.2) is 23.1 Å². The van der Waals surface area contributed by atoms with Gasteiger partial charge in [-0.05, 0) is 31.0 Å². The molecule has 140 valence electrons. The second kappa shape index (κ2) is 7.20. The summed E-state index contributed by atoms with van der Waals surface area (Å²) in [6, 6.07) is 4.83. The Balaban J connectivity index is 1.56. The van der Waals surface area contributed by atoms with Gasteiger partial charge in [-0.1, -0.05) is 11.3 Å². The Bertz CT molecular complexity index is 915. The van der Waals surface area contributed by atoms with E-state index in [9.17, 15) is 13.2 Å². The first kappa shape index (κ1) is 17.8. The monoisotopic (exact) mass is 397 g/mol. The largest absolute Gasteiger partial charge is 0.379 e. The lowest BCUT2D eigenvalue weighted by molar-refractivity contribution is -0.124. The fraction of sp³-hybridized carbons (Fsp3) is 0.500. The first-order chi connectivity index (χ1) is 12.5. The Morgan fingerprint density at radius 1 is 1.27 bits per heavy atom. The molecule has 2 aliphatic heterocycles. The molecule has 10 heteroatoms. The molecule has 1 aromatic carbocycles. The molecule has 1 aromatic heterocycles. The van der Waals surface area contributed by atoms with Crippen molar-refractivity contribution in [2.75, 3.05) is 38.2 Å². The SMILES string of the molecule is O=C(Nc1nc2ccc(S(=O)(=O)N3CCOCC3)cc2s1)C1CCCO1.